The number of fused-ring (bicyclic) bond motifs is 1. The average molecular weight is 445 g/mol. The number of thiophene rings is 1. The Labute approximate surface area is 180 Å². The molecule has 0 saturated carbocycles. The first-order chi connectivity index (χ1) is 14.9. The number of benzene rings is 1. The fraction of sp³-hybridized carbons (Fsp3) is 0.300. The summed E-state index contributed by atoms with van der Waals surface area (Å²) in [4.78, 5) is 49.7. The maximum atomic E-state index is 12.4. The highest BCUT2D eigenvalue weighted by Gasteiger charge is 2.37. The molecule has 2 aliphatic heterocycles. The zero-order valence-electron chi connectivity index (χ0n) is 16.3. The smallest absolute Gasteiger partial charge is 0.311 e. The number of nitrogens with one attached hydrogen (secondary N) is 1. The third-order valence-corrected chi connectivity index (χ3v) is 5.65. The molecule has 0 radical (unpaired) electrons. The first-order valence-corrected chi connectivity index (χ1v) is 10.3. The van der Waals surface area contributed by atoms with Crippen LogP contribution in [0.25, 0.3) is 0 Å². The number of hydrogen-bond donors (Lipinski definition) is 2. The van der Waals surface area contributed by atoms with Gasteiger partial charge in [-0.05, 0) is 23.6 Å². The van der Waals surface area contributed by atoms with Gasteiger partial charge in [0.1, 0.15) is 18.2 Å². The number of anilines is 2. The Morgan fingerprint density at radius 3 is 2.74 bits per heavy atom. The zero-order valence-corrected chi connectivity index (χ0v) is 17.1. The molecule has 0 unspecified atom stereocenters. The van der Waals surface area contributed by atoms with Crippen molar-refractivity contribution < 1.29 is 33.4 Å². The molecule has 0 spiro atoms. The minimum atomic E-state index is -0.698. The number of esters is 1. The second-order valence-corrected chi connectivity index (χ2v) is 7.83. The van der Waals surface area contributed by atoms with Gasteiger partial charge in [0.15, 0.2) is 18.1 Å². The molecule has 1 aromatic carbocycles. The molecular formula is C20H19N3O7S. The van der Waals surface area contributed by atoms with Crippen LogP contribution in [0.5, 0.6) is 11.5 Å². The molecule has 3 amide bonds. The summed E-state index contributed by atoms with van der Waals surface area (Å²) in [7, 11) is 0. The van der Waals surface area contributed by atoms with E-state index in [2.05, 4.69) is 5.32 Å². The number of nitrogens with two attached hydrogens (primary N) is 1. The van der Waals surface area contributed by atoms with Crippen molar-refractivity contribution >= 4 is 45.7 Å². The highest BCUT2D eigenvalue weighted by molar-refractivity contribution is 7.14. The Bertz CT molecular complexity index is 1050. The molecule has 10 nitrogen and oxygen atoms in total. The van der Waals surface area contributed by atoms with Gasteiger partial charge in [-0.1, -0.05) is 0 Å². The molecule has 0 aliphatic carbocycles. The van der Waals surface area contributed by atoms with Gasteiger partial charge in [-0.15, -0.1) is 11.3 Å². The second kappa shape index (κ2) is 8.64. The molecule has 4 rings (SSSR count). The summed E-state index contributed by atoms with van der Waals surface area (Å²) in [5.41, 5.74) is 6.01. The molecule has 0 bridgehead atoms. The lowest BCUT2D eigenvalue weighted by Gasteiger charge is -2.22. The summed E-state index contributed by atoms with van der Waals surface area (Å²) < 4.78 is 16.1. The summed E-state index contributed by atoms with van der Waals surface area (Å²) in [6.45, 7) is 0.486. The molecule has 31 heavy (non-hydrogen) atoms. The number of ether oxygens (including phenoxy) is 3. The SMILES string of the molecule is NC(=O)c1ccsc1NC(=O)COC(=O)[C@H]1CC(=O)N(c2ccc3c(c2)OCCO3)C1. The van der Waals surface area contributed by atoms with E-state index in [-0.39, 0.29) is 29.4 Å². The van der Waals surface area contributed by atoms with Gasteiger partial charge in [0.2, 0.25) is 5.91 Å². The van der Waals surface area contributed by atoms with Gasteiger partial charge in [-0.3, -0.25) is 19.2 Å². The topological polar surface area (TPSA) is 137 Å². The van der Waals surface area contributed by atoms with E-state index in [0.29, 0.717) is 30.4 Å². The van der Waals surface area contributed by atoms with E-state index in [0.717, 1.165) is 11.3 Å². The van der Waals surface area contributed by atoms with Crippen LogP contribution >= 0.6 is 11.3 Å². The van der Waals surface area contributed by atoms with Crippen LogP contribution in [0.2, 0.25) is 0 Å². The number of primary amides is 1. The van der Waals surface area contributed by atoms with Crippen molar-refractivity contribution in [3.63, 3.8) is 0 Å². The van der Waals surface area contributed by atoms with Gasteiger partial charge in [0.25, 0.3) is 11.8 Å². The molecule has 2 aliphatic rings. The van der Waals surface area contributed by atoms with Crippen LogP contribution in [0.1, 0.15) is 16.8 Å². The van der Waals surface area contributed by atoms with E-state index in [1.54, 1.807) is 23.6 Å². The number of carbonyl (C=O) groups excluding carboxylic acids is 4. The van der Waals surface area contributed by atoms with E-state index >= 15 is 0 Å². The van der Waals surface area contributed by atoms with Crippen molar-refractivity contribution in [1.82, 2.24) is 0 Å². The van der Waals surface area contributed by atoms with Gasteiger partial charge in [0, 0.05) is 24.7 Å². The Kier molecular flexibility index (Phi) is 5.76. The van der Waals surface area contributed by atoms with Crippen LogP contribution in [-0.2, 0) is 19.1 Å². The number of hydrogen-bond acceptors (Lipinski definition) is 8. The van der Waals surface area contributed by atoms with Crippen LogP contribution in [0, 0.1) is 5.92 Å². The summed E-state index contributed by atoms with van der Waals surface area (Å²) in [6, 6.07) is 6.64. The van der Waals surface area contributed by atoms with Crippen LogP contribution in [0.4, 0.5) is 10.7 Å². The summed E-state index contributed by atoms with van der Waals surface area (Å²) in [6.07, 6.45) is -0.0222. The van der Waals surface area contributed by atoms with E-state index in [9.17, 15) is 19.2 Å². The molecule has 1 fully saturated rings. The lowest BCUT2D eigenvalue weighted by Crippen LogP contribution is -2.28. The molecule has 1 aromatic heterocycles. The van der Waals surface area contributed by atoms with Crippen molar-refractivity contribution in [1.29, 1.82) is 0 Å². The van der Waals surface area contributed by atoms with E-state index in [1.807, 2.05) is 0 Å². The van der Waals surface area contributed by atoms with Gasteiger partial charge in [-0.25, -0.2) is 0 Å². The van der Waals surface area contributed by atoms with Crippen LogP contribution in [0.15, 0.2) is 29.6 Å². The molecule has 11 heteroatoms. The Balaban J connectivity index is 1.32. The molecule has 3 N–H and O–H groups in total. The van der Waals surface area contributed by atoms with Crippen LogP contribution in [-0.4, -0.2) is 50.1 Å². The summed E-state index contributed by atoms with van der Waals surface area (Å²) >= 11 is 1.13. The van der Waals surface area contributed by atoms with Crippen molar-refractivity contribution in [2.45, 2.75) is 6.42 Å². The highest BCUT2D eigenvalue weighted by atomic mass is 32.1. The standard InChI is InChI=1S/C20H19N3O7S/c21-18(26)13-3-6-31-19(13)22-16(24)10-30-20(27)11-7-17(25)23(9-11)12-1-2-14-15(8-12)29-5-4-28-14/h1-3,6,8,11H,4-5,7,9-10H2,(H2,21,26)(H,22,24)/t11-/m0/s1. The largest absolute Gasteiger partial charge is 0.486 e. The van der Waals surface area contributed by atoms with Gasteiger partial charge in [-0.2, -0.15) is 0 Å². The predicted molar refractivity (Wildman–Crippen MR) is 110 cm³/mol. The maximum Gasteiger partial charge on any atom is 0.311 e. The zero-order chi connectivity index (χ0) is 22.0. The van der Waals surface area contributed by atoms with Gasteiger partial charge in [0.05, 0.1) is 11.5 Å². The van der Waals surface area contributed by atoms with E-state index in [4.69, 9.17) is 19.9 Å². The molecule has 1 atom stereocenters. The number of amides is 3. The lowest BCUT2D eigenvalue weighted by molar-refractivity contribution is -0.151. The monoisotopic (exact) mass is 445 g/mol. The fourth-order valence-corrected chi connectivity index (χ4v) is 4.14. The average Bonchev–Trinajstić information content (AvgIpc) is 3.38. The lowest BCUT2D eigenvalue weighted by atomic mass is 10.1. The van der Waals surface area contributed by atoms with Gasteiger partial charge >= 0.3 is 5.97 Å². The van der Waals surface area contributed by atoms with E-state index < -0.39 is 30.3 Å². The Hall–Kier alpha value is -3.60. The normalized spacial score (nSPS) is 17.4. The fourth-order valence-electron chi connectivity index (χ4n) is 3.33. The van der Waals surface area contributed by atoms with Crippen LogP contribution < -0.4 is 25.4 Å². The number of rotatable bonds is 6. The number of nitrogens with zero attached hydrogens (tertiary/aromatic N) is 1. The third kappa shape index (κ3) is 4.45. The minimum absolute atomic E-state index is 0.0222. The quantitative estimate of drug-likeness (QED) is 0.636. The molecule has 2 aromatic rings. The van der Waals surface area contributed by atoms with Gasteiger partial charge < -0.3 is 30.2 Å². The summed E-state index contributed by atoms with van der Waals surface area (Å²) in [5.74, 6) is -1.70. The maximum absolute atomic E-state index is 12.4. The molecule has 1 saturated heterocycles. The van der Waals surface area contributed by atoms with E-state index in [1.165, 1.54) is 11.0 Å². The first kappa shape index (κ1) is 20.7. The number of carbonyl (C=O) groups is 4. The molecule has 3 heterocycles. The minimum Gasteiger partial charge on any atom is -0.486 e. The predicted octanol–water partition coefficient (Wildman–Crippen LogP) is 1.15. The molecule has 162 valence electrons. The summed E-state index contributed by atoms with van der Waals surface area (Å²) in [5, 5.41) is 4.38. The first-order valence-electron chi connectivity index (χ1n) is 9.46. The third-order valence-electron chi connectivity index (χ3n) is 4.82. The Morgan fingerprint density at radius 1 is 1.19 bits per heavy atom. The van der Waals surface area contributed by atoms with Crippen molar-refractivity contribution in [2.75, 3.05) is 36.6 Å². The van der Waals surface area contributed by atoms with Crippen molar-refractivity contribution in [2.24, 2.45) is 11.7 Å². The Morgan fingerprint density at radius 2 is 1.97 bits per heavy atom. The molecular weight excluding hydrogens is 426 g/mol. The van der Waals surface area contributed by atoms with Crippen LogP contribution in [0.3, 0.4) is 0 Å². The van der Waals surface area contributed by atoms with Crippen molar-refractivity contribution in [3.05, 3.63) is 35.2 Å². The highest BCUT2D eigenvalue weighted by Crippen LogP contribution is 2.36. The second-order valence-electron chi connectivity index (χ2n) is 6.92. The van der Waals surface area contributed by atoms with Crippen molar-refractivity contribution in [3.8, 4) is 11.5 Å².